The summed E-state index contributed by atoms with van der Waals surface area (Å²) in [6.07, 6.45) is 8.43. The third kappa shape index (κ3) is 3.54. The molecule has 0 N–H and O–H groups in total. The number of benzene rings is 1. The topological polar surface area (TPSA) is 53.5 Å². The van der Waals surface area contributed by atoms with E-state index < -0.39 is 0 Å². The summed E-state index contributed by atoms with van der Waals surface area (Å²) in [5, 5.41) is 0. The molecule has 3 heterocycles. The van der Waals surface area contributed by atoms with Gasteiger partial charge in [0.05, 0.1) is 5.92 Å². The predicted octanol–water partition coefficient (Wildman–Crippen LogP) is 3.48. The summed E-state index contributed by atoms with van der Waals surface area (Å²) in [5.41, 5.74) is 1.96. The van der Waals surface area contributed by atoms with Gasteiger partial charge in [-0.15, -0.1) is 0 Å². The van der Waals surface area contributed by atoms with Gasteiger partial charge in [-0.25, -0.2) is 0 Å². The Morgan fingerprint density at radius 3 is 2.34 bits per heavy atom. The zero-order chi connectivity index (χ0) is 19.8. The number of likely N-dealkylation sites (tertiary alicyclic amines) is 2. The van der Waals surface area contributed by atoms with Crippen molar-refractivity contribution >= 4 is 11.8 Å². The van der Waals surface area contributed by atoms with E-state index in [2.05, 4.69) is 22.0 Å². The maximum Gasteiger partial charge on any atom is 0.253 e. The van der Waals surface area contributed by atoms with E-state index in [1.165, 1.54) is 0 Å². The van der Waals surface area contributed by atoms with Gasteiger partial charge in [0.2, 0.25) is 5.91 Å². The molecular weight excluding hydrogens is 362 g/mol. The highest BCUT2D eigenvalue weighted by Gasteiger charge is 2.49. The Labute approximate surface area is 171 Å². The monoisotopic (exact) mass is 389 g/mol. The number of carbonyl (C=O) groups is 2. The second kappa shape index (κ2) is 7.29. The molecule has 5 rings (SSSR count). The van der Waals surface area contributed by atoms with Crippen LogP contribution < -0.4 is 0 Å². The number of hydrogen-bond acceptors (Lipinski definition) is 3. The van der Waals surface area contributed by atoms with E-state index >= 15 is 0 Å². The summed E-state index contributed by atoms with van der Waals surface area (Å²) < 4.78 is 0. The van der Waals surface area contributed by atoms with E-state index in [0.717, 1.165) is 57.3 Å². The summed E-state index contributed by atoms with van der Waals surface area (Å²) in [4.78, 5) is 34.2. The van der Waals surface area contributed by atoms with E-state index in [0.29, 0.717) is 17.5 Å². The molecule has 3 aliphatic rings. The third-order valence-electron chi connectivity index (χ3n) is 6.95. The Hall–Kier alpha value is -2.69. The van der Waals surface area contributed by atoms with Crippen LogP contribution in [-0.4, -0.2) is 52.3 Å². The quantitative estimate of drug-likeness (QED) is 0.808. The van der Waals surface area contributed by atoms with Crippen molar-refractivity contribution in [3.63, 3.8) is 0 Å². The van der Waals surface area contributed by atoms with Crippen molar-refractivity contribution in [2.24, 2.45) is 5.41 Å². The summed E-state index contributed by atoms with van der Waals surface area (Å²) in [7, 11) is 0. The maximum atomic E-state index is 13.2. The van der Waals surface area contributed by atoms with E-state index in [4.69, 9.17) is 0 Å². The highest BCUT2D eigenvalue weighted by molar-refractivity contribution is 5.94. The number of piperidine rings is 2. The molecule has 29 heavy (non-hydrogen) atoms. The molecule has 1 aromatic heterocycles. The average Bonchev–Trinajstić information content (AvgIpc) is 3.62. The van der Waals surface area contributed by atoms with Crippen LogP contribution in [0.4, 0.5) is 0 Å². The first-order valence-electron chi connectivity index (χ1n) is 10.7. The van der Waals surface area contributed by atoms with E-state index in [-0.39, 0.29) is 17.2 Å². The number of aromatic nitrogens is 1. The highest BCUT2D eigenvalue weighted by atomic mass is 16.2. The lowest BCUT2D eigenvalue weighted by molar-refractivity contribution is -0.142. The second-order valence-corrected chi connectivity index (χ2v) is 8.89. The Morgan fingerprint density at radius 2 is 1.69 bits per heavy atom. The number of carbonyl (C=O) groups excluding carboxylic acids is 2. The second-order valence-electron chi connectivity index (χ2n) is 8.89. The van der Waals surface area contributed by atoms with Gasteiger partial charge < -0.3 is 9.80 Å². The van der Waals surface area contributed by atoms with Gasteiger partial charge in [-0.1, -0.05) is 30.3 Å². The Kier molecular flexibility index (Phi) is 4.61. The molecule has 1 saturated carbocycles. The van der Waals surface area contributed by atoms with Crippen molar-refractivity contribution in [3.05, 3.63) is 66.0 Å². The Bertz CT molecular complexity index is 887. The SMILES string of the molecule is O=C(c1ccncc1)N1CCC2(CC1)C[C@H](c1ccccc1)C(=O)N(C1CC1)C2. The molecule has 3 fully saturated rings. The Balaban J connectivity index is 1.35. The molecule has 5 heteroatoms. The molecule has 1 aromatic carbocycles. The van der Waals surface area contributed by atoms with Gasteiger partial charge in [0, 0.05) is 43.6 Å². The molecule has 1 spiro atoms. The van der Waals surface area contributed by atoms with Crippen LogP contribution in [0.25, 0.3) is 0 Å². The fourth-order valence-electron chi connectivity index (χ4n) is 5.09. The van der Waals surface area contributed by atoms with Crippen molar-refractivity contribution in [1.29, 1.82) is 0 Å². The van der Waals surface area contributed by atoms with Crippen LogP contribution in [0.2, 0.25) is 0 Å². The molecule has 150 valence electrons. The highest BCUT2D eigenvalue weighted by Crippen LogP contribution is 2.48. The van der Waals surface area contributed by atoms with E-state index in [1.54, 1.807) is 24.5 Å². The lowest BCUT2D eigenvalue weighted by Gasteiger charge is -2.50. The lowest BCUT2D eigenvalue weighted by atomic mass is 9.67. The molecule has 5 nitrogen and oxygen atoms in total. The van der Waals surface area contributed by atoms with Crippen molar-refractivity contribution in [2.45, 2.75) is 44.1 Å². The molecule has 2 saturated heterocycles. The molecule has 2 aromatic rings. The van der Waals surface area contributed by atoms with Gasteiger partial charge in [0.25, 0.3) is 5.91 Å². The fraction of sp³-hybridized carbons (Fsp3) is 0.458. The van der Waals surface area contributed by atoms with Crippen LogP contribution >= 0.6 is 0 Å². The molecule has 0 unspecified atom stereocenters. The van der Waals surface area contributed by atoms with Gasteiger partial charge in [-0.05, 0) is 55.2 Å². The molecule has 0 bridgehead atoms. The smallest absolute Gasteiger partial charge is 0.253 e. The van der Waals surface area contributed by atoms with Gasteiger partial charge >= 0.3 is 0 Å². The van der Waals surface area contributed by atoms with Gasteiger partial charge in [0.1, 0.15) is 0 Å². The first-order chi connectivity index (χ1) is 14.2. The normalized spacial score (nSPS) is 24.0. The summed E-state index contributed by atoms with van der Waals surface area (Å²) in [6.45, 7) is 2.38. The van der Waals surface area contributed by atoms with Gasteiger partial charge in [-0.2, -0.15) is 0 Å². The van der Waals surface area contributed by atoms with E-state index in [9.17, 15) is 9.59 Å². The van der Waals surface area contributed by atoms with Crippen molar-refractivity contribution in [2.75, 3.05) is 19.6 Å². The van der Waals surface area contributed by atoms with Crippen molar-refractivity contribution in [3.8, 4) is 0 Å². The average molecular weight is 389 g/mol. The maximum absolute atomic E-state index is 13.2. The number of pyridine rings is 1. The van der Waals surface area contributed by atoms with Crippen molar-refractivity contribution in [1.82, 2.24) is 14.8 Å². The standard InChI is InChI=1S/C24H27N3O2/c28-22(19-8-12-25-13-9-19)26-14-10-24(11-15-26)16-21(18-4-2-1-3-5-18)23(29)27(17-24)20-6-7-20/h1-5,8-9,12-13,20-21H,6-7,10-11,14-17H2/t21-/m1/s1. The van der Waals surface area contributed by atoms with Crippen LogP contribution in [0, 0.1) is 5.41 Å². The summed E-state index contributed by atoms with van der Waals surface area (Å²) in [5.74, 6) is 0.348. The minimum Gasteiger partial charge on any atom is -0.339 e. The lowest BCUT2D eigenvalue weighted by Crippen LogP contribution is -2.55. The summed E-state index contributed by atoms with van der Waals surface area (Å²) >= 11 is 0. The van der Waals surface area contributed by atoms with Gasteiger partial charge in [0.15, 0.2) is 0 Å². The number of nitrogens with zero attached hydrogens (tertiary/aromatic N) is 3. The zero-order valence-corrected chi connectivity index (χ0v) is 16.7. The molecule has 0 radical (unpaired) electrons. The predicted molar refractivity (Wildman–Crippen MR) is 110 cm³/mol. The first kappa shape index (κ1) is 18.3. The van der Waals surface area contributed by atoms with E-state index in [1.807, 2.05) is 23.1 Å². The first-order valence-corrected chi connectivity index (χ1v) is 10.7. The van der Waals surface area contributed by atoms with Crippen LogP contribution in [-0.2, 0) is 4.79 Å². The van der Waals surface area contributed by atoms with Crippen LogP contribution in [0.5, 0.6) is 0 Å². The molecule has 2 amide bonds. The minimum absolute atomic E-state index is 0.0481. The molecule has 1 atom stereocenters. The van der Waals surface area contributed by atoms with Crippen LogP contribution in [0.1, 0.15) is 53.9 Å². The molecular formula is C24H27N3O2. The zero-order valence-electron chi connectivity index (χ0n) is 16.7. The third-order valence-corrected chi connectivity index (χ3v) is 6.95. The van der Waals surface area contributed by atoms with Crippen LogP contribution in [0.15, 0.2) is 54.9 Å². The molecule has 2 aliphatic heterocycles. The largest absolute Gasteiger partial charge is 0.339 e. The number of amides is 2. The van der Waals surface area contributed by atoms with Crippen LogP contribution in [0.3, 0.4) is 0 Å². The number of hydrogen-bond donors (Lipinski definition) is 0. The molecule has 1 aliphatic carbocycles. The number of rotatable bonds is 3. The fourth-order valence-corrected chi connectivity index (χ4v) is 5.09. The Morgan fingerprint density at radius 1 is 1.00 bits per heavy atom. The van der Waals surface area contributed by atoms with Crippen molar-refractivity contribution < 1.29 is 9.59 Å². The minimum atomic E-state index is -0.0481. The van der Waals surface area contributed by atoms with Gasteiger partial charge in [-0.3, -0.25) is 14.6 Å². The summed E-state index contributed by atoms with van der Waals surface area (Å²) in [6, 6.07) is 14.3.